The van der Waals surface area contributed by atoms with Crippen LogP contribution < -0.4 is 4.74 Å². The van der Waals surface area contributed by atoms with E-state index < -0.39 is 18.0 Å². The maximum atomic E-state index is 12.7. The van der Waals surface area contributed by atoms with Crippen molar-refractivity contribution >= 4 is 22.7 Å². The Kier molecular flexibility index (Phi) is 4.90. The summed E-state index contributed by atoms with van der Waals surface area (Å²) in [7, 11) is 2.65. The summed E-state index contributed by atoms with van der Waals surface area (Å²) in [5.74, 6) is 2.47. The molecule has 1 heterocycles. The zero-order chi connectivity index (χ0) is 24.6. The molecule has 1 unspecified atom stereocenters. The molecule has 186 valence electrons. The molecule has 4 saturated carbocycles. The number of carbonyl (C=O) groups is 2. The van der Waals surface area contributed by atoms with Crippen molar-refractivity contribution in [1.29, 1.82) is 0 Å². The van der Waals surface area contributed by atoms with Gasteiger partial charge in [-0.25, -0.2) is 9.59 Å². The number of fused-ring (bicyclic) bond motifs is 4. The first-order valence-electron chi connectivity index (χ1n) is 13.3. The van der Waals surface area contributed by atoms with Crippen LogP contribution in [0.4, 0.5) is 0 Å². The lowest BCUT2D eigenvalue weighted by atomic mass is 9.48. The Morgan fingerprint density at radius 1 is 0.917 bits per heavy atom. The predicted octanol–water partition coefficient (Wildman–Crippen LogP) is 5.58. The van der Waals surface area contributed by atoms with Crippen LogP contribution in [-0.4, -0.2) is 32.3 Å². The average molecular weight is 485 g/mol. The number of rotatable bonds is 3. The Hall–Kier alpha value is -3.08. The summed E-state index contributed by atoms with van der Waals surface area (Å²) in [6.45, 7) is 0. The van der Waals surface area contributed by atoms with Crippen LogP contribution in [0.15, 0.2) is 53.1 Å². The van der Waals surface area contributed by atoms with Crippen LogP contribution in [0.2, 0.25) is 0 Å². The van der Waals surface area contributed by atoms with Gasteiger partial charge in [0.2, 0.25) is 0 Å². The van der Waals surface area contributed by atoms with Gasteiger partial charge in [-0.2, -0.15) is 0 Å². The van der Waals surface area contributed by atoms with E-state index in [1.54, 1.807) is 0 Å². The normalized spacial score (nSPS) is 31.9. The second-order valence-corrected chi connectivity index (χ2v) is 11.7. The zero-order valence-corrected chi connectivity index (χ0v) is 21.0. The SMILES string of the molecule is COC(=O)C1=C(C(=O)OC)C2Oc3ccc4cc(C56CC7CC(CC(C7)C5)C6)ccc4c3CC2=CC1. The van der Waals surface area contributed by atoms with Gasteiger partial charge in [0, 0.05) is 12.0 Å². The Morgan fingerprint density at radius 2 is 1.61 bits per heavy atom. The molecule has 4 fully saturated rings. The number of hydrogen-bond acceptors (Lipinski definition) is 5. The molecule has 5 nitrogen and oxygen atoms in total. The average Bonchev–Trinajstić information content (AvgIpc) is 2.89. The first-order chi connectivity index (χ1) is 17.5. The number of hydrogen-bond donors (Lipinski definition) is 0. The van der Waals surface area contributed by atoms with E-state index in [-0.39, 0.29) is 5.57 Å². The summed E-state index contributed by atoms with van der Waals surface area (Å²) in [5.41, 5.74) is 4.61. The molecule has 5 heteroatoms. The van der Waals surface area contributed by atoms with Crippen LogP contribution in [0.3, 0.4) is 0 Å². The first-order valence-corrected chi connectivity index (χ1v) is 13.3. The van der Waals surface area contributed by atoms with E-state index >= 15 is 0 Å². The molecule has 4 bridgehead atoms. The minimum atomic E-state index is -0.628. The van der Waals surface area contributed by atoms with Crippen molar-refractivity contribution in [3.8, 4) is 5.75 Å². The molecule has 0 radical (unpaired) electrons. The molecule has 0 aromatic heterocycles. The van der Waals surface area contributed by atoms with Crippen molar-refractivity contribution < 1.29 is 23.8 Å². The first kappa shape index (κ1) is 22.1. The second-order valence-electron chi connectivity index (χ2n) is 11.7. The minimum Gasteiger partial charge on any atom is -0.481 e. The van der Waals surface area contributed by atoms with Crippen molar-refractivity contribution in [2.24, 2.45) is 17.8 Å². The molecule has 8 rings (SSSR count). The van der Waals surface area contributed by atoms with E-state index in [0.717, 1.165) is 34.6 Å². The minimum absolute atomic E-state index is 0.254. The lowest BCUT2D eigenvalue weighted by molar-refractivity contribution is -0.140. The fourth-order valence-corrected chi connectivity index (χ4v) is 8.54. The molecule has 2 aromatic rings. The Bertz CT molecular complexity index is 1330. The highest BCUT2D eigenvalue weighted by Crippen LogP contribution is 2.61. The summed E-state index contributed by atoms with van der Waals surface area (Å²) in [6, 6.07) is 11.3. The molecule has 1 atom stereocenters. The lowest BCUT2D eigenvalue weighted by Gasteiger charge is -2.57. The van der Waals surface area contributed by atoms with Crippen molar-refractivity contribution in [3.05, 3.63) is 64.3 Å². The molecule has 0 N–H and O–H groups in total. The summed E-state index contributed by atoms with van der Waals surface area (Å²) >= 11 is 0. The fraction of sp³-hybridized carbons (Fsp3) is 0.484. The molecule has 2 aromatic carbocycles. The van der Waals surface area contributed by atoms with E-state index in [2.05, 4.69) is 24.3 Å². The Balaban J connectivity index is 1.26. The van der Waals surface area contributed by atoms with E-state index in [9.17, 15) is 9.59 Å². The van der Waals surface area contributed by atoms with Crippen molar-refractivity contribution in [1.82, 2.24) is 0 Å². The monoisotopic (exact) mass is 484 g/mol. The Morgan fingerprint density at radius 3 is 2.28 bits per heavy atom. The summed E-state index contributed by atoms with van der Waals surface area (Å²) < 4.78 is 16.4. The van der Waals surface area contributed by atoms with Gasteiger partial charge in [0.25, 0.3) is 0 Å². The van der Waals surface area contributed by atoms with Crippen LogP contribution in [0.5, 0.6) is 5.75 Å². The van der Waals surface area contributed by atoms with Gasteiger partial charge in [-0.15, -0.1) is 0 Å². The Labute approximate surface area is 211 Å². The number of allylic oxidation sites excluding steroid dienone is 1. The molecular weight excluding hydrogens is 452 g/mol. The number of esters is 2. The van der Waals surface area contributed by atoms with E-state index in [4.69, 9.17) is 14.2 Å². The predicted molar refractivity (Wildman–Crippen MR) is 136 cm³/mol. The molecule has 0 saturated heterocycles. The highest BCUT2D eigenvalue weighted by Gasteiger charge is 2.51. The van der Waals surface area contributed by atoms with Gasteiger partial charge in [0.1, 0.15) is 5.75 Å². The van der Waals surface area contributed by atoms with Crippen LogP contribution >= 0.6 is 0 Å². The number of benzene rings is 2. The summed E-state index contributed by atoms with van der Waals surface area (Å²) in [5, 5.41) is 2.47. The third kappa shape index (κ3) is 3.21. The summed E-state index contributed by atoms with van der Waals surface area (Å²) in [4.78, 5) is 25.1. The molecular formula is C31H32O5. The van der Waals surface area contributed by atoms with Gasteiger partial charge in [-0.05, 0) is 96.1 Å². The van der Waals surface area contributed by atoms with E-state index in [1.165, 1.54) is 69.1 Å². The topological polar surface area (TPSA) is 61.8 Å². The number of carbonyl (C=O) groups excluding carboxylic acids is 2. The van der Waals surface area contributed by atoms with Crippen LogP contribution in [0.25, 0.3) is 10.8 Å². The van der Waals surface area contributed by atoms with Crippen LogP contribution in [-0.2, 0) is 30.9 Å². The van der Waals surface area contributed by atoms with Crippen molar-refractivity contribution in [2.75, 3.05) is 14.2 Å². The fourth-order valence-electron chi connectivity index (χ4n) is 8.54. The van der Waals surface area contributed by atoms with Crippen molar-refractivity contribution in [3.63, 3.8) is 0 Å². The zero-order valence-electron chi connectivity index (χ0n) is 21.0. The van der Waals surface area contributed by atoms with Crippen LogP contribution in [0.1, 0.15) is 56.1 Å². The largest absolute Gasteiger partial charge is 0.481 e. The second kappa shape index (κ2) is 7.96. The summed E-state index contributed by atoms with van der Waals surface area (Å²) in [6.07, 6.45) is 10.8. The van der Waals surface area contributed by atoms with Gasteiger partial charge in [-0.3, -0.25) is 0 Å². The van der Waals surface area contributed by atoms with Gasteiger partial charge in [-0.1, -0.05) is 30.3 Å². The standard InChI is InChI=1S/C31H32O5/c1-34-29(32)24-6-3-21-13-25-23-7-5-22(31-14-17-9-18(15-31)11-19(10-17)16-31)12-20(23)4-8-26(25)36-28(21)27(24)30(33)35-2/h3-5,7-8,12,17-19,28H,6,9-11,13-16H2,1-2H3. The van der Waals surface area contributed by atoms with Gasteiger partial charge in [0.05, 0.1) is 25.4 Å². The number of methoxy groups -OCH3 is 2. The molecule has 36 heavy (non-hydrogen) atoms. The highest BCUT2D eigenvalue weighted by atomic mass is 16.5. The van der Waals surface area contributed by atoms with E-state index in [1.807, 2.05) is 12.1 Å². The van der Waals surface area contributed by atoms with Crippen LogP contribution in [0, 0.1) is 17.8 Å². The quantitative estimate of drug-likeness (QED) is 0.420. The molecule has 6 aliphatic rings. The van der Waals surface area contributed by atoms with Crippen molar-refractivity contribution in [2.45, 2.75) is 62.9 Å². The molecule has 0 amide bonds. The lowest BCUT2D eigenvalue weighted by Crippen LogP contribution is -2.48. The third-order valence-electron chi connectivity index (χ3n) is 9.69. The molecule has 0 spiro atoms. The maximum Gasteiger partial charge on any atom is 0.338 e. The van der Waals surface area contributed by atoms with Gasteiger partial charge >= 0.3 is 11.9 Å². The van der Waals surface area contributed by atoms with E-state index in [0.29, 0.717) is 23.8 Å². The van der Waals surface area contributed by atoms with Gasteiger partial charge < -0.3 is 14.2 Å². The molecule has 5 aliphatic carbocycles. The molecule has 1 aliphatic heterocycles. The maximum absolute atomic E-state index is 12.7. The van der Waals surface area contributed by atoms with Gasteiger partial charge in [0.15, 0.2) is 6.10 Å². The number of ether oxygens (including phenoxy) is 3. The smallest absolute Gasteiger partial charge is 0.338 e. The third-order valence-corrected chi connectivity index (χ3v) is 9.69. The highest BCUT2D eigenvalue weighted by molar-refractivity contribution is 6.02.